The van der Waals surface area contributed by atoms with Crippen molar-refractivity contribution in [3.8, 4) is 0 Å². The van der Waals surface area contributed by atoms with Gasteiger partial charge in [0.2, 0.25) is 5.91 Å². The van der Waals surface area contributed by atoms with Gasteiger partial charge in [-0.1, -0.05) is 13.8 Å². The molecule has 0 saturated carbocycles. The Hall–Kier alpha value is -1.56. The number of hydrogen-bond acceptors (Lipinski definition) is 4. The van der Waals surface area contributed by atoms with Crippen molar-refractivity contribution < 1.29 is 18.7 Å². The number of ether oxygens (including phenoxy) is 1. The molecule has 21 heavy (non-hydrogen) atoms. The molecule has 0 aliphatic heterocycles. The minimum absolute atomic E-state index is 0.164. The van der Waals surface area contributed by atoms with Gasteiger partial charge in [-0.05, 0) is 36.6 Å². The van der Waals surface area contributed by atoms with E-state index in [0.29, 0.717) is 6.42 Å². The first kappa shape index (κ1) is 17.5. The van der Waals surface area contributed by atoms with Crippen molar-refractivity contribution in [3.05, 3.63) is 30.1 Å². The van der Waals surface area contributed by atoms with Crippen LogP contribution in [0.25, 0.3) is 0 Å². The summed E-state index contributed by atoms with van der Waals surface area (Å²) in [7, 11) is 1.30. The number of carbonyl (C=O) groups is 2. The van der Waals surface area contributed by atoms with Crippen molar-refractivity contribution in [2.24, 2.45) is 5.92 Å². The molecule has 0 fully saturated rings. The highest BCUT2D eigenvalue weighted by molar-refractivity contribution is 8.00. The van der Waals surface area contributed by atoms with Gasteiger partial charge in [-0.3, -0.25) is 4.79 Å². The second-order valence-corrected chi connectivity index (χ2v) is 6.06. The highest BCUT2D eigenvalue weighted by Crippen LogP contribution is 2.18. The lowest BCUT2D eigenvalue weighted by Gasteiger charge is -2.18. The number of esters is 1. The maximum absolute atomic E-state index is 12.8. The van der Waals surface area contributed by atoms with Crippen molar-refractivity contribution in [2.45, 2.75) is 31.2 Å². The summed E-state index contributed by atoms with van der Waals surface area (Å²) >= 11 is 1.29. The van der Waals surface area contributed by atoms with Crippen LogP contribution in [0.5, 0.6) is 0 Å². The van der Waals surface area contributed by atoms with Crippen LogP contribution in [0.4, 0.5) is 4.39 Å². The van der Waals surface area contributed by atoms with E-state index in [-0.39, 0.29) is 23.4 Å². The summed E-state index contributed by atoms with van der Waals surface area (Å²) in [5.74, 6) is -0.577. The minimum atomic E-state index is -0.628. The van der Waals surface area contributed by atoms with E-state index in [0.717, 1.165) is 4.90 Å². The maximum Gasteiger partial charge on any atom is 0.328 e. The van der Waals surface area contributed by atoms with Gasteiger partial charge in [0, 0.05) is 4.90 Å². The first-order chi connectivity index (χ1) is 9.92. The molecule has 0 spiro atoms. The van der Waals surface area contributed by atoms with Crippen LogP contribution < -0.4 is 5.32 Å². The normalized spacial score (nSPS) is 12.0. The zero-order valence-corrected chi connectivity index (χ0v) is 13.2. The summed E-state index contributed by atoms with van der Waals surface area (Å²) in [4.78, 5) is 24.3. The quantitative estimate of drug-likeness (QED) is 0.621. The van der Waals surface area contributed by atoms with E-state index >= 15 is 0 Å². The predicted molar refractivity (Wildman–Crippen MR) is 80.5 cm³/mol. The summed E-state index contributed by atoms with van der Waals surface area (Å²) in [6.45, 7) is 3.94. The lowest BCUT2D eigenvalue weighted by atomic mass is 10.0. The Morgan fingerprint density at radius 1 is 1.29 bits per heavy atom. The maximum atomic E-state index is 12.8. The van der Waals surface area contributed by atoms with Gasteiger partial charge in [0.25, 0.3) is 0 Å². The first-order valence-electron chi connectivity index (χ1n) is 6.68. The molecule has 6 heteroatoms. The Morgan fingerprint density at radius 2 is 1.90 bits per heavy atom. The van der Waals surface area contributed by atoms with E-state index in [9.17, 15) is 14.0 Å². The van der Waals surface area contributed by atoms with Crippen molar-refractivity contribution in [1.29, 1.82) is 0 Å². The van der Waals surface area contributed by atoms with Crippen LogP contribution in [0.1, 0.15) is 20.3 Å². The Balaban J connectivity index is 2.49. The third-order valence-corrected chi connectivity index (χ3v) is 3.72. The van der Waals surface area contributed by atoms with Crippen LogP contribution in [0, 0.1) is 11.7 Å². The molecule has 4 nitrogen and oxygen atoms in total. The van der Waals surface area contributed by atoms with Gasteiger partial charge >= 0.3 is 5.97 Å². The molecule has 1 N–H and O–H groups in total. The molecule has 0 aromatic heterocycles. The van der Waals surface area contributed by atoms with E-state index < -0.39 is 12.0 Å². The lowest BCUT2D eigenvalue weighted by Crippen LogP contribution is -2.43. The average molecular weight is 313 g/mol. The van der Waals surface area contributed by atoms with Crippen LogP contribution in [0.15, 0.2) is 29.2 Å². The summed E-state index contributed by atoms with van der Waals surface area (Å²) in [6.07, 6.45) is 0.527. The van der Waals surface area contributed by atoms with Crippen LogP contribution in [0.2, 0.25) is 0 Å². The zero-order valence-electron chi connectivity index (χ0n) is 12.4. The van der Waals surface area contributed by atoms with E-state index in [1.165, 1.54) is 31.0 Å². The summed E-state index contributed by atoms with van der Waals surface area (Å²) in [6, 6.07) is 5.28. The SMILES string of the molecule is COC(=O)C(CC(C)C)NC(=O)CSc1ccc(F)cc1. The predicted octanol–water partition coefficient (Wildman–Crippen LogP) is 2.62. The Kier molecular flexibility index (Phi) is 7.22. The number of rotatable bonds is 7. The first-order valence-corrected chi connectivity index (χ1v) is 7.66. The van der Waals surface area contributed by atoms with Gasteiger partial charge in [0.05, 0.1) is 12.9 Å². The fraction of sp³-hybridized carbons (Fsp3) is 0.467. The number of hydrogen-bond donors (Lipinski definition) is 1. The summed E-state index contributed by atoms with van der Waals surface area (Å²) in [5, 5.41) is 2.67. The van der Waals surface area contributed by atoms with Crippen LogP contribution in [-0.4, -0.2) is 30.8 Å². The van der Waals surface area contributed by atoms with Crippen molar-refractivity contribution in [2.75, 3.05) is 12.9 Å². The van der Waals surface area contributed by atoms with Gasteiger partial charge in [-0.25, -0.2) is 9.18 Å². The molecule has 1 rings (SSSR count). The highest BCUT2D eigenvalue weighted by atomic mass is 32.2. The van der Waals surface area contributed by atoms with Gasteiger partial charge in [0.15, 0.2) is 0 Å². The highest BCUT2D eigenvalue weighted by Gasteiger charge is 2.22. The number of methoxy groups -OCH3 is 1. The summed E-state index contributed by atoms with van der Waals surface area (Å²) < 4.78 is 17.5. The van der Waals surface area contributed by atoms with Crippen molar-refractivity contribution >= 4 is 23.6 Å². The molecule has 0 bridgehead atoms. The Bertz CT molecular complexity index is 476. The lowest BCUT2D eigenvalue weighted by molar-refractivity contribution is -0.145. The molecule has 1 atom stereocenters. The molecule has 0 radical (unpaired) electrons. The second kappa shape index (κ2) is 8.67. The fourth-order valence-electron chi connectivity index (χ4n) is 1.74. The van der Waals surface area contributed by atoms with Gasteiger partial charge in [0.1, 0.15) is 11.9 Å². The minimum Gasteiger partial charge on any atom is -0.467 e. The smallest absolute Gasteiger partial charge is 0.328 e. The van der Waals surface area contributed by atoms with Gasteiger partial charge in [-0.2, -0.15) is 0 Å². The number of halogens is 1. The van der Waals surface area contributed by atoms with Gasteiger partial charge in [-0.15, -0.1) is 11.8 Å². The third-order valence-electron chi connectivity index (χ3n) is 2.71. The van der Waals surface area contributed by atoms with Gasteiger partial charge < -0.3 is 10.1 Å². The van der Waals surface area contributed by atoms with Crippen LogP contribution in [-0.2, 0) is 14.3 Å². The average Bonchev–Trinajstić information content (AvgIpc) is 2.44. The Labute approximate surface area is 128 Å². The van der Waals surface area contributed by atoms with E-state index in [4.69, 9.17) is 0 Å². The molecule has 1 amide bonds. The van der Waals surface area contributed by atoms with Crippen LogP contribution >= 0.6 is 11.8 Å². The molecule has 1 unspecified atom stereocenters. The van der Waals surface area contributed by atoms with Crippen LogP contribution in [0.3, 0.4) is 0 Å². The molecular formula is C15H20FNO3S. The number of carbonyl (C=O) groups excluding carboxylic acids is 2. The van der Waals surface area contributed by atoms with Crippen molar-refractivity contribution in [1.82, 2.24) is 5.32 Å². The summed E-state index contributed by atoms with van der Waals surface area (Å²) in [5.41, 5.74) is 0. The molecule has 0 aliphatic carbocycles. The molecule has 1 aromatic carbocycles. The molecular weight excluding hydrogens is 293 g/mol. The van der Waals surface area contributed by atoms with E-state index in [1.807, 2.05) is 13.8 Å². The second-order valence-electron chi connectivity index (χ2n) is 5.02. The molecule has 116 valence electrons. The topological polar surface area (TPSA) is 55.4 Å². The molecule has 0 aliphatic rings. The number of benzene rings is 1. The molecule has 1 aromatic rings. The molecule has 0 saturated heterocycles. The Morgan fingerprint density at radius 3 is 2.43 bits per heavy atom. The number of nitrogens with one attached hydrogen (secondary N) is 1. The van der Waals surface area contributed by atoms with E-state index in [1.54, 1.807) is 12.1 Å². The fourth-order valence-corrected chi connectivity index (χ4v) is 2.45. The zero-order chi connectivity index (χ0) is 15.8. The van der Waals surface area contributed by atoms with Crippen molar-refractivity contribution in [3.63, 3.8) is 0 Å². The third kappa shape index (κ3) is 6.62. The number of amides is 1. The largest absolute Gasteiger partial charge is 0.467 e. The number of thioether (sulfide) groups is 1. The monoisotopic (exact) mass is 313 g/mol. The standard InChI is InChI=1S/C15H20FNO3S/c1-10(2)8-13(15(19)20-3)17-14(18)9-21-12-6-4-11(16)5-7-12/h4-7,10,13H,8-9H2,1-3H3,(H,17,18). The molecule has 0 heterocycles. The van der Waals surface area contributed by atoms with E-state index in [2.05, 4.69) is 10.1 Å².